The topological polar surface area (TPSA) is 57.6 Å². The summed E-state index contributed by atoms with van der Waals surface area (Å²) in [6.07, 6.45) is -4.85. The van der Waals surface area contributed by atoms with Crippen LogP contribution < -0.4 is 0 Å². The lowest BCUT2D eigenvalue weighted by atomic mass is 9.74. The van der Waals surface area contributed by atoms with E-state index in [1.165, 1.54) is 0 Å². The van der Waals surface area contributed by atoms with Crippen molar-refractivity contribution in [3.63, 3.8) is 0 Å². The Bertz CT molecular complexity index is 338. The summed E-state index contributed by atoms with van der Waals surface area (Å²) in [5.74, 6) is -3.65. The van der Waals surface area contributed by atoms with E-state index in [-0.39, 0.29) is 19.5 Å². The van der Waals surface area contributed by atoms with Crippen molar-refractivity contribution in [1.29, 1.82) is 0 Å². The van der Waals surface area contributed by atoms with Crippen LogP contribution in [0.4, 0.5) is 13.2 Å². The molecule has 1 aliphatic heterocycles. The fourth-order valence-corrected chi connectivity index (χ4v) is 2.17. The van der Waals surface area contributed by atoms with Crippen molar-refractivity contribution >= 4 is 11.9 Å². The third-order valence-corrected chi connectivity index (χ3v) is 3.06. The van der Waals surface area contributed by atoms with Gasteiger partial charge in [-0.15, -0.1) is 0 Å². The van der Waals surface area contributed by atoms with Gasteiger partial charge in [-0.3, -0.25) is 9.59 Å². The van der Waals surface area contributed by atoms with E-state index in [0.29, 0.717) is 4.90 Å². The summed E-state index contributed by atoms with van der Waals surface area (Å²) in [6.45, 7) is 2.75. The molecule has 0 aromatic heterocycles. The first-order chi connectivity index (χ1) is 7.55. The van der Waals surface area contributed by atoms with Crippen molar-refractivity contribution in [2.75, 3.05) is 13.1 Å². The number of hydrogen-bond donors (Lipinski definition) is 1. The van der Waals surface area contributed by atoms with E-state index in [9.17, 15) is 22.8 Å². The number of likely N-dealkylation sites (tertiary alicyclic amines) is 1. The van der Waals surface area contributed by atoms with E-state index in [4.69, 9.17) is 5.11 Å². The monoisotopic (exact) mass is 253 g/mol. The first kappa shape index (κ1) is 13.8. The summed E-state index contributed by atoms with van der Waals surface area (Å²) in [5.41, 5.74) is -0.856. The molecule has 0 radical (unpaired) electrons. The quantitative estimate of drug-likeness (QED) is 0.770. The van der Waals surface area contributed by atoms with E-state index >= 15 is 0 Å². The molecule has 7 heteroatoms. The summed E-state index contributed by atoms with van der Waals surface area (Å²) in [7, 11) is 0. The maximum atomic E-state index is 12.2. The van der Waals surface area contributed by atoms with Gasteiger partial charge in [0.05, 0.1) is 5.92 Å². The highest BCUT2D eigenvalue weighted by Crippen LogP contribution is 2.36. The second-order valence-electron chi connectivity index (χ2n) is 4.89. The number of piperidine rings is 1. The highest BCUT2D eigenvalue weighted by atomic mass is 19.4. The molecule has 1 saturated heterocycles. The van der Waals surface area contributed by atoms with Gasteiger partial charge in [0.2, 0.25) is 0 Å². The van der Waals surface area contributed by atoms with Gasteiger partial charge in [0, 0.05) is 13.1 Å². The number of halogens is 3. The number of carbonyl (C=O) groups excluding carboxylic acids is 1. The van der Waals surface area contributed by atoms with Gasteiger partial charge in [-0.05, 0) is 11.8 Å². The van der Waals surface area contributed by atoms with Gasteiger partial charge in [-0.1, -0.05) is 13.8 Å². The number of hydrogen-bond acceptors (Lipinski definition) is 2. The fourth-order valence-electron chi connectivity index (χ4n) is 2.17. The van der Waals surface area contributed by atoms with E-state index in [1.54, 1.807) is 13.8 Å². The van der Waals surface area contributed by atoms with Crippen LogP contribution in [0.1, 0.15) is 20.3 Å². The van der Waals surface area contributed by atoms with Crippen LogP contribution >= 0.6 is 0 Å². The molecule has 4 nitrogen and oxygen atoms in total. The van der Waals surface area contributed by atoms with Gasteiger partial charge in [0.1, 0.15) is 0 Å². The van der Waals surface area contributed by atoms with Crippen molar-refractivity contribution in [3.05, 3.63) is 0 Å². The largest absolute Gasteiger partial charge is 0.481 e. The molecule has 1 amide bonds. The highest BCUT2D eigenvalue weighted by molar-refractivity contribution is 5.82. The van der Waals surface area contributed by atoms with Crippen LogP contribution in [0.3, 0.4) is 0 Å². The van der Waals surface area contributed by atoms with Crippen molar-refractivity contribution in [3.8, 4) is 0 Å². The average molecular weight is 253 g/mol. The third-order valence-electron chi connectivity index (χ3n) is 3.06. The first-order valence-electron chi connectivity index (χ1n) is 5.14. The van der Waals surface area contributed by atoms with E-state index < -0.39 is 29.4 Å². The molecule has 1 fully saturated rings. The molecule has 0 aliphatic carbocycles. The Kier molecular flexibility index (Phi) is 3.40. The minimum absolute atomic E-state index is 0.0458. The molecule has 0 saturated carbocycles. The van der Waals surface area contributed by atoms with Crippen molar-refractivity contribution < 1.29 is 27.9 Å². The highest BCUT2D eigenvalue weighted by Gasteiger charge is 2.48. The minimum Gasteiger partial charge on any atom is -0.481 e. The molecule has 1 atom stereocenters. The number of carboxylic acids is 1. The molecule has 1 heterocycles. The molecule has 0 aromatic rings. The molecule has 1 N–H and O–H groups in total. The number of nitrogens with zero attached hydrogens (tertiary/aromatic N) is 1. The van der Waals surface area contributed by atoms with Crippen molar-refractivity contribution in [2.24, 2.45) is 11.3 Å². The summed E-state index contributed by atoms with van der Waals surface area (Å²) >= 11 is 0. The molecule has 0 spiro atoms. The SMILES string of the molecule is CC1(C)CN(C(=O)C(F)(F)F)CCC1C(=O)O. The number of amides is 1. The first-order valence-corrected chi connectivity index (χ1v) is 5.14. The van der Waals surface area contributed by atoms with Gasteiger partial charge < -0.3 is 10.0 Å². The van der Waals surface area contributed by atoms with Crippen LogP contribution in [0.15, 0.2) is 0 Å². The number of carboxylic acid groups (broad SMARTS) is 1. The Balaban J connectivity index is 2.80. The van der Waals surface area contributed by atoms with Crippen LogP contribution in [0, 0.1) is 11.3 Å². The molecule has 98 valence electrons. The van der Waals surface area contributed by atoms with Crippen LogP contribution in [0.25, 0.3) is 0 Å². The van der Waals surface area contributed by atoms with Gasteiger partial charge in [-0.2, -0.15) is 13.2 Å². The number of aliphatic carboxylic acids is 1. The predicted molar refractivity (Wildman–Crippen MR) is 52.2 cm³/mol. The third kappa shape index (κ3) is 2.89. The molecule has 0 aromatic carbocycles. The fraction of sp³-hybridized carbons (Fsp3) is 0.800. The predicted octanol–water partition coefficient (Wildman–Crippen LogP) is 1.51. The zero-order valence-electron chi connectivity index (χ0n) is 9.54. The Hall–Kier alpha value is -1.27. The summed E-state index contributed by atoms with van der Waals surface area (Å²) < 4.78 is 36.7. The smallest absolute Gasteiger partial charge is 0.471 e. The lowest BCUT2D eigenvalue weighted by Gasteiger charge is -2.42. The standard InChI is InChI=1S/C10H14F3NO3/c1-9(2)5-14(8(17)10(11,12)13)4-3-6(9)7(15)16/h6H,3-5H2,1-2H3,(H,15,16). The molecule has 1 unspecified atom stereocenters. The number of alkyl halides is 3. The molecule has 1 aliphatic rings. The van der Waals surface area contributed by atoms with Crippen LogP contribution in [-0.2, 0) is 9.59 Å². The van der Waals surface area contributed by atoms with Crippen molar-refractivity contribution in [2.45, 2.75) is 26.4 Å². The van der Waals surface area contributed by atoms with Crippen molar-refractivity contribution in [1.82, 2.24) is 4.90 Å². The molecule has 0 bridgehead atoms. The Morgan fingerprint density at radius 2 is 1.88 bits per heavy atom. The normalized spacial score (nSPS) is 24.5. The molecule has 1 rings (SSSR count). The Morgan fingerprint density at radius 3 is 2.24 bits per heavy atom. The zero-order valence-corrected chi connectivity index (χ0v) is 9.54. The lowest BCUT2D eigenvalue weighted by Crippen LogP contribution is -2.53. The van der Waals surface area contributed by atoms with Gasteiger partial charge in [0.25, 0.3) is 0 Å². The Labute approximate surface area is 96.4 Å². The van der Waals surface area contributed by atoms with Gasteiger partial charge in [-0.25, -0.2) is 0 Å². The van der Waals surface area contributed by atoms with Gasteiger partial charge in [0.15, 0.2) is 0 Å². The van der Waals surface area contributed by atoms with E-state index in [0.717, 1.165) is 0 Å². The average Bonchev–Trinajstić information content (AvgIpc) is 2.12. The minimum atomic E-state index is -4.90. The van der Waals surface area contributed by atoms with Gasteiger partial charge >= 0.3 is 18.1 Å². The zero-order chi connectivity index (χ0) is 13.4. The van der Waals surface area contributed by atoms with Crippen LogP contribution in [0.5, 0.6) is 0 Å². The summed E-state index contributed by atoms with van der Waals surface area (Å²) in [6, 6.07) is 0. The molecule has 17 heavy (non-hydrogen) atoms. The Morgan fingerprint density at radius 1 is 1.35 bits per heavy atom. The molecular weight excluding hydrogens is 239 g/mol. The number of rotatable bonds is 1. The molecular formula is C10H14F3NO3. The second-order valence-corrected chi connectivity index (χ2v) is 4.89. The summed E-state index contributed by atoms with van der Waals surface area (Å²) in [5, 5.41) is 8.93. The second kappa shape index (κ2) is 4.19. The maximum Gasteiger partial charge on any atom is 0.471 e. The summed E-state index contributed by atoms with van der Waals surface area (Å²) in [4.78, 5) is 22.6. The van der Waals surface area contributed by atoms with E-state index in [1.807, 2.05) is 0 Å². The maximum absolute atomic E-state index is 12.2. The van der Waals surface area contributed by atoms with Crippen LogP contribution in [-0.4, -0.2) is 41.1 Å². The number of carbonyl (C=O) groups is 2. The lowest BCUT2D eigenvalue weighted by molar-refractivity contribution is -0.190. The van der Waals surface area contributed by atoms with E-state index in [2.05, 4.69) is 0 Å². The van der Waals surface area contributed by atoms with Crippen LogP contribution in [0.2, 0.25) is 0 Å².